The van der Waals surface area contributed by atoms with Crippen LogP contribution in [0, 0.1) is 0 Å². The molecule has 1 aromatic carbocycles. The third-order valence-electron chi connectivity index (χ3n) is 4.12. The molecule has 0 saturated carbocycles. The molecule has 1 saturated heterocycles. The molecule has 1 aliphatic heterocycles. The number of nitrogens with zero attached hydrogens (tertiary/aromatic N) is 2. The van der Waals surface area contributed by atoms with Crippen molar-refractivity contribution in [3.63, 3.8) is 0 Å². The van der Waals surface area contributed by atoms with Crippen molar-refractivity contribution < 1.29 is 4.79 Å². The first kappa shape index (κ1) is 17.5. The molecule has 0 bridgehead atoms. The van der Waals surface area contributed by atoms with Crippen molar-refractivity contribution in [3.8, 4) is 0 Å². The first-order chi connectivity index (χ1) is 10.4. The lowest BCUT2D eigenvalue weighted by Crippen LogP contribution is -2.53. The van der Waals surface area contributed by atoms with Crippen LogP contribution < -0.4 is 5.32 Å². The number of carbonyl (C=O) groups excluding carboxylic acids is 1. The molecule has 0 aliphatic carbocycles. The second-order valence-corrected chi connectivity index (χ2v) is 6.88. The Bertz CT molecular complexity index is 538. The zero-order chi connectivity index (χ0) is 16.3. The topological polar surface area (TPSA) is 35.6 Å². The van der Waals surface area contributed by atoms with E-state index in [0.29, 0.717) is 22.6 Å². The van der Waals surface area contributed by atoms with Gasteiger partial charge in [-0.3, -0.25) is 9.69 Å². The van der Waals surface area contributed by atoms with Gasteiger partial charge in [-0.25, -0.2) is 0 Å². The Labute approximate surface area is 142 Å². The molecule has 1 fully saturated rings. The van der Waals surface area contributed by atoms with Crippen LogP contribution in [0.15, 0.2) is 18.2 Å². The zero-order valence-corrected chi connectivity index (χ0v) is 14.8. The lowest BCUT2D eigenvalue weighted by Gasteiger charge is -2.37. The lowest BCUT2D eigenvalue weighted by atomic mass is 10.1. The Kier molecular flexibility index (Phi) is 6.09. The molecule has 1 aromatic rings. The van der Waals surface area contributed by atoms with Gasteiger partial charge in [-0.15, -0.1) is 0 Å². The van der Waals surface area contributed by atoms with Crippen molar-refractivity contribution in [3.05, 3.63) is 33.8 Å². The van der Waals surface area contributed by atoms with E-state index < -0.39 is 0 Å². The molecular weight excluding hydrogens is 321 g/mol. The molecule has 1 N–H and O–H groups in total. The Hall–Kier alpha value is -0.810. The average Bonchev–Trinajstić information content (AvgIpc) is 2.41. The van der Waals surface area contributed by atoms with E-state index in [-0.39, 0.29) is 11.9 Å². The maximum atomic E-state index is 12.3. The van der Waals surface area contributed by atoms with E-state index in [2.05, 4.69) is 29.1 Å². The van der Waals surface area contributed by atoms with Crippen LogP contribution in [0.5, 0.6) is 0 Å². The molecule has 0 aromatic heterocycles. The van der Waals surface area contributed by atoms with E-state index in [0.717, 1.165) is 25.2 Å². The summed E-state index contributed by atoms with van der Waals surface area (Å²) in [6.07, 6.45) is 0. The fraction of sp³-hybridized carbons (Fsp3) is 0.562. The normalized spacial score (nSPS) is 21.6. The summed E-state index contributed by atoms with van der Waals surface area (Å²) in [6.45, 7) is 7.41. The monoisotopic (exact) mass is 343 g/mol. The van der Waals surface area contributed by atoms with Gasteiger partial charge < -0.3 is 10.2 Å². The molecule has 1 heterocycles. The van der Waals surface area contributed by atoms with Crippen LogP contribution in [0.4, 0.5) is 0 Å². The predicted octanol–water partition coefficient (Wildman–Crippen LogP) is 2.81. The number of benzene rings is 1. The number of halogens is 2. The van der Waals surface area contributed by atoms with E-state index in [1.54, 1.807) is 12.1 Å². The second-order valence-electron chi connectivity index (χ2n) is 6.04. The summed E-state index contributed by atoms with van der Waals surface area (Å²) in [5.41, 5.74) is 0.880. The van der Waals surface area contributed by atoms with Gasteiger partial charge in [-0.05, 0) is 38.6 Å². The summed E-state index contributed by atoms with van der Waals surface area (Å²) in [5.74, 6) is 0.0231. The Morgan fingerprint density at radius 2 is 2.14 bits per heavy atom. The first-order valence-corrected chi connectivity index (χ1v) is 8.29. The zero-order valence-electron chi connectivity index (χ0n) is 13.3. The standard InChI is InChI=1S/C16H23Cl2N3O/c1-11-9-20(3)6-7-21(11)10-16(22)19-12(2)14-5-4-13(17)8-15(14)18/h4-5,8,11-12H,6-7,9-10H2,1-3H3,(H,19,22). The number of piperazine rings is 1. The minimum absolute atomic E-state index is 0.0231. The highest BCUT2D eigenvalue weighted by Gasteiger charge is 2.24. The fourth-order valence-corrected chi connectivity index (χ4v) is 3.39. The van der Waals surface area contributed by atoms with E-state index in [9.17, 15) is 4.79 Å². The fourth-order valence-electron chi connectivity index (χ4n) is 2.81. The number of hydrogen-bond acceptors (Lipinski definition) is 3. The highest BCUT2D eigenvalue weighted by Crippen LogP contribution is 2.26. The number of likely N-dealkylation sites (N-methyl/N-ethyl adjacent to an activating group) is 1. The van der Waals surface area contributed by atoms with Crippen LogP contribution in [0.1, 0.15) is 25.5 Å². The number of rotatable bonds is 4. The van der Waals surface area contributed by atoms with E-state index in [1.165, 1.54) is 0 Å². The number of amides is 1. The predicted molar refractivity (Wildman–Crippen MR) is 91.6 cm³/mol. The van der Waals surface area contributed by atoms with Crippen molar-refractivity contribution in [1.82, 2.24) is 15.1 Å². The van der Waals surface area contributed by atoms with Crippen molar-refractivity contribution >= 4 is 29.1 Å². The van der Waals surface area contributed by atoms with Crippen molar-refractivity contribution in [1.29, 1.82) is 0 Å². The van der Waals surface area contributed by atoms with E-state index >= 15 is 0 Å². The highest BCUT2D eigenvalue weighted by atomic mass is 35.5. The van der Waals surface area contributed by atoms with Crippen LogP contribution >= 0.6 is 23.2 Å². The molecular formula is C16H23Cl2N3O. The van der Waals surface area contributed by atoms with Gasteiger partial charge in [0.2, 0.25) is 5.91 Å². The Balaban J connectivity index is 1.91. The van der Waals surface area contributed by atoms with Gasteiger partial charge in [0.25, 0.3) is 0 Å². The number of nitrogens with one attached hydrogen (secondary N) is 1. The summed E-state index contributed by atoms with van der Waals surface area (Å²) in [7, 11) is 2.11. The molecule has 2 atom stereocenters. The smallest absolute Gasteiger partial charge is 0.234 e. The molecule has 122 valence electrons. The molecule has 6 heteroatoms. The summed E-state index contributed by atoms with van der Waals surface area (Å²) in [5, 5.41) is 4.19. The summed E-state index contributed by atoms with van der Waals surface area (Å²) < 4.78 is 0. The van der Waals surface area contributed by atoms with E-state index in [1.807, 2.05) is 13.0 Å². The Morgan fingerprint density at radius 3 is 2.77 bits per heavy atom. The highest BCUT2D eigenvalue weighted by molar-refractivity contribution is 6.35. The van der Waals surface area contributed by atoms with Crippen LogP contribution in [-0.4, -0.2) is 55.0 Å². The average molecular weight is 344 g/mol. The van der Waals surface area contributed by atoms with Crippen molar-refractivity contribution in [2.45, 2.75) is 25.9 Å². The van der Waals surface area contributed by atoms with E-state index in [4.69, 9.17) is 23.2 Å². The van der Waals surface area contributed by atoms with Crippen molar-refractivity contribution in [2.24, 2.45) is 0 Å². The summed E-state index contributed by atoms with van der Waals surface area (Å²) in [6, 6.07) is 5.59. The largest absolute Gasteiger partial charge is 0.348 e. The van der Waals surface area contributed by atoms with Crippen LogP contribution in [0.2, 0.25) is 10.0 Å². The first-order valence-electron chi connectivity index (χ1n) is 7.53. The maximum absolute atomic E-state index is 12.3. The molecule has 2 rings (SSSR count). The minimum atomic E-state index is -0.139. The number of hydrogen-bond donors (Lipinski definition) is 1. The van der Waals surface area contributed by atoms with Crippen LogP contribution in [0.3, 0.4) is 0 Å². The Morgan fingerprint density at radius 1 is 1.41 bits per heavy atom. The lowest BCUT2D eigenvalue weighted by molar-refractivity contribution is -0.124. The summed E-state index contributed by atoms with van der Waals surface area (Å²) >= 11 is 12.1. The SMILES string of the molecule is CC(NC(=O)CN1CCN(C)CC1C)c1ccc(Cl)cc1Cl. The molecule has 1 amide bonds. The number of carbonyl (C=O) groups is 1. The third kappa shape index (κ3) is 4.59. The van der Waals surface area contributed by atoms with Gasteiger partial charge in [-0.2, -0.15) is 0 Å². The molecule has 1 aliphatic rings. The van der Waals surface area contributed by atoms with Gasteiger partial charge >= 0.3 is 0 Å². The van der Waals surface area contributed by atoms with Gasteiger partial charge in [0.1, 0.15) is 0 Å². The molecule has 0 spiro atoms. The maximum Gasteiger partial charge on any atom is 0.234 e. The molecule has 0 radical (unpaired) electrons. The second kappa shape index (κ2) is 7.64. The molecule has 2 unspecified atom stereocenters. The quantitative estimate of drug-likeness (QED) is 0.912. The minimum Gasteiger partial charge on any atom is -0.348 e. The third-order valence-corrected chi connectivity index (χ3v) is 4.68. The summed E-state index contributed by atoms with van der Waals surface area (Å²) in [4.78, 5) is 16.8. The molecule has 4 nitrogen and oxygen atoms in total. The van der Waals surface area contributed by atoms with Crippen molar-refractivity contribution in [2.75, 3.05) is 33.2 Å². The van der Waals surface area contributed by atoms with Gasteiger partial charge in [0.05, 0.1) is 12.6 Å². The van der Waals surface area contributed by atoms with Gasteiger partial charge in [-0.1, -0.05) is 29.3 Å². The van der Waals surface area contributed by atoms with Crippen LogP contribution in [0.25, 0.3) is 0 Å². The van der Waals surface area contributed by atoms with Crippen LogP contribution in [-0.2, 0) is 4.79 Å². The van der Waals surface area contributed by atoms with Gasteiger partial charge in [0.15, 0.2) is 0 Å². The van der Waals surface area contributed by atoms with Gasteiger partial charge in [0, 0.05) is 35.7 Å². The molecule has 22 heavy (non-hydrogen) atoms.